The molecule has 0 saturated carbocycles. The Morgan fingerprint density at radius 3 is 2.86 bits per heavy atom. The standard InChI is InChI=1S/C24H24N2O3/c1-29-21-7-4-6-18(13-21)23-14-17(9-11-25-23)19-10-12-26(15-19)16-20-5-2-3-8-22(20)24(27)28/h2-9,11,13-14,19H,10,12,15-16H2,1H3,(H,27,28)/t19-/m1/s1. The van der Waals surface area contributed by atoms with Crippen LogP contribution in [0.3, 0.4) is 0 Å². The van der Waals surface area contributed by atoms with Crippen molar-refractivity contribution in [1.29, 1.82) is 0 Å². The molecule has 0 spiro atoms. The van der Waals surface area contributed by atoms with Gasteiger partial charge < -0.3 is 9.84 Å². The van der Waals surface area contributed by atoms with Crippen molar-refractivity contribution in [3.63, 3.8) is 0 Å². The number of hydrogen-bond donors (Lipinski definition) is 1. The number of likely N-dealkylation sites (tertiary alicyclic amines) is 1. The van der Waals surface area contributed by atoms with E-state index < -0.39 is 5.97 Å². The molecule has 0 unspecified atom stereocenters. The van der Waals surface area contributed by atoms with Gasteiger partial charge in [0.25, 0.3) is 0 Å². The van der Waals surface area contributed by atoms with E-state index in [0.29, 0.717) is 18.0 Å². The minimum Gasteiger partial charge on any atom is -0.497 e. The van der Waals surface area contributed by atoms with Crippen molar-refractivity contribution in [3.8, 4) is 17.0 Å². The van der Waals surface area contributed by atoms with Crippen LogP contribution < -0.4 is 4.74 Å². The van der Waals surface area contributed by atoms with E-state index in [4.69, 9.17) is 4.74 Å². The fourth-order valence-corrected chi connectivity index (χ4v) is 4.00. The van der Waals surface area contributed by atoms with E-state index in [2.05, 4.69) is 22.0 Å². The van der Waals surface area contributed by atoms with Gasteiger partial charge >= 0.3 is 5.97 Å². The molecule has 1 atom stereocenters. The third-order valence-electron chi connectivity index (χ3n) is 5.53. The van der Waals surface area contributed by atoms with Crippen molar-refractivity contribution >= 4 is 5.97 Å². The number of carboxylic acids is 1. The molecule has 0 radical (unpaired) electrons. The molecule has 0 aliphatic carbocycles. The summed E-state index contributed by atoms with van der Waals surface area (Å²) in [6.45, 7) is 2.53. The molecular formula is C24H24N2O3. The van der Waals surface area contributed by atoms with Crippen LogP contribution in [0.4, 0.5) is 0 Å². The predicted molar refractivity (Wildman–Crippen MR) is 112 cm³/mol. The normalized spacial score (nSPS) is 16.7. The number of benzene rings is 2. The molecule has 148 valence electrons. The van der Waals surface area contributed by atoms with Crippen molar-refractivity contribution in [2.24, 2.45) is 0 Å². The first-order valence-electron chi connectivity index (χ1n) is 9.78. The average molecular weight is 388 g/mol. The molecule has 1 aliphatic rings. The van der Waals surface area contributed by atoms with Crippen LogP contribution in [0.15, 0.2) is 66.9 Å². The Morgan fingerprint density at radius 1 is 1.17 bits per heavy atom. The number of methoxy groups -OCH3 is 1. The molecule has 1 fully saturated rings. The zero-order valence-corrected chi connectivity index (χ0v) is 16.4. The van der Waals surface area contributed by atoms with Crippen LogP contribution >= 0.6 is 0 Å². The summed E-state index contributed by atoms with van der Waals surface area (Å²) in [7, 11) is 1.67. The second kappa shape index (κ2) is 8.45. The highest BCUT2D eigenvalue weighted by atomic mass is 16.5. The number of carboxylic acid groups (broad SMARTS) is 1. The highest BCUT2D eigenvalue weighted by Crippen LogP contribution is 2.31. The molecule has 1 aromatic heterocycles. The van der Waals surface area contributed by atoms with E-state index >= 15 is 0 Å². The highest BCUT2D eigenvalue weighted by molar-refractivity contribution is 5.89. The molecule has 0 bridgehead atoms. The number of nitrogens with zero attached hydrogens (tertiary/aromatic N) is 2. The molecule has 5 heteroatoms. The third-order valence-corrected chi connectivity index (χ3v) is 5.53. The molecule has 2 heterocycles. The molecule has 29 heavy (non-hydrogen) atoms. The van der Waals surface area contributed by atoms with E-state index in [1.54, 1.807) is 19.2 Å². The summed E-state index contributed by atoms with van der Waals surface area (Å²) in [5.41, 5.74) is 4.51. The maximum atomic E-state index is 11.5. The lowest BCUT2D eigenvalue weighted by Crippen LogP contribution is -2.21. The minimum absolute atomic E-state index is 0.389. The van der Waals surface area contributed by atoms with E-state index in [9.17, 15) is 9.90 Å². The summed E-state index contributed by atoms with van der Waals surface area (Å²) in [5, 5.41) is 9.41. The summed E-state index contributed by atoms with van der Waals surface area (Å²) in [5.74, 6) is 0.367. The maximum Gasteiger partial charge on any atom is 0.336 e. The Kier molecular flexibility index (Phi) is 5.58. The lowest BCUT2D eigenvalue weighted by Gasteiger charge is -2.18. The molecule has 2 aromatic carbocycles. The first-order valence-corrected chi connectivity index (χ1v) is 9.78. The first-order chi connectivity index (χ1) is 14.1. The van der Waals surface area contributed by atoms with Gasteiger partial charge in [-0.1, -0.05) is 30.3 Å². The Bertz CT molecular complexity index is 1020. The largest absolute Gasteiger partial charge is 0.497 e. The predicted octanol–water partition coefficient (Wildman–Crippen LogP) is 4.44. The number of pyridine rings is 1. The lowest BCUT2D eigenvalue weighted by atomic mass is 9.97. The van der Waals surface area contributed by atoms with Gasteiger partial charge in [0.1, 0.15) is 5.75 Å². The molecule has 1 saturated heterocycles. The number of carbonyl (C=O) groups is 1. The number of hydrogen-bond acceptors (Lipinski definition) is 4. The van der Waals surface area contributed by atoms with E-state index in [0.717, 1.165) is 42.1 Å². The van der Waals surface area contributed by atoms with Crippen LogP contribution in [-0.2, 0) is 6.54 Å². The first kappa shape index (κ1) is 19.2. The highest BCUT2D eigenvalue weighted by Gasteiger charge is 2.25. The van der Waals surface area contributed by atoms with Crippen LogP contribution in [0.25, 0.3) is 11.3 Å². The monoisotopic (exact) mass is 388 g/mol. The van der Waals surface area contributed by atoms with Crippen LogP contribution in [-0.4, -0.2) is 41.2 Å². The van der Waals surface area contributed by atoms with Crippen LogP contribution in [0.5, 0.6) is 5.75 Å². The SMILES string of the molecule is COc1cccc(-c2cc([C@@H]3CCN(Cc4ccccc4C(=O)O)C3)ccn2)c1. The van der Waals surface area contributed by atoms with E-state index in [1.807, 2.05) is 42.6 Å². The Labute approximate surface area is 170 Å². The van der Waals surface area contributed by atoms with Crippen LogP contribution in [0, 0.1) is 0 Å². The quantitative estimate of drug-likeness (QED) is 0.676. The van der Waals surface area contributed by atoms with Gasteiger partial charge in [0, 0.05) is 24.8 Å². The number of ether oxygens (including phenoxy) is 1. The van der Waals surface area contributed by atoms with Crippen molar-refractivity contribution in [2.75, 3.05) is 20.2 Å². The summed E-state index contributed by atoms with van der Waals surface area (Å²) in [6, 6.07) is 19.4. The van der Waals surface area contributed by atoms with Crippen molar-refractivity contribution in [1.82, 2.24) is 9.88 Å². The zero-order chi connectivity index (χ0) is 20.2. The fraction of sp³-hybridized carbons (Fsp3) is 0.250. The molecule has 0 amide bonds. The van der Waals surface area contributed by atoms with Gasteiger partial charge in [-0.25, -0.2) is 4.79 Å². The average Bonchev–Trinajstić information content (AvgIpc) is 3.23. The van der Waals surface area contributed by atoms with Crippen molar-refractivity contribution in [2.45, 2.75) is 18.9 Å². The summed E-state index contributed by atoms with van der Waals surface area (Å²) >= 11 is 0. The lowest BCUT2D eigenvalue weighted by molar-refractivity contribution is 0.0694. The zero-order valence-electron chi connectivity index (χ0n) is 16.4. The minimum atomic E-state index is -0.867. The van der Waals surface area contributed by atoms with Crippen LogP contribution in [0.1, 0.15) is 33.8 Å². The summed E-state index contributed by atoms with van der Waals surface area (Å²) < 4.78 is 5.33. The van der Waals surface area contributed by atoms with Gasteiger partial charge in [-0.15, -0.1) is 0 Å². The van der Waals surface area contributed by atoms with Crippen LogP contribution in [0.2, 0.25) is 0 Å². The van der Waals surface area contributed by atoms with Crippen molar-refractivity contribution < 1.29 is 14.6 Å². The second-order valence-corrected chi connectivity index (χ2v) is 7.39. The Morgan fingerprint density at radius 2 is 2.03 bits per heavy atom. The van der Waals surface area contributed by atoms with E-state index in [1.165, 1.54) is 5.56 Å². The Hall–Kier alpha value is -3.18. The number of aromatic nitrogens is 1. The molecule has 4 rings (SSSR count). The summed E-state index contributed by atoms with van der Waals surface area (Å²) in [4.78, 5) is 18.3. The number of rotatable bonds is 6. The maximum absolute atomic E-state index is 11.5. The second-order valence-electron chi connectivity index (χ2n) is 7.39. The molecule has 3 aromatic rings. The Balaban J connectivity index is 1.49. The van der Waals surface area contributed by atoms with Gasteiger partial charge in [0.15, 0.2) is 0 Å². The van der Waals surface area contributed by atoms with Gasteiger partial charge in [-0.3, -0.25) is 9.88 Å². The molecule has 1 N–H and O–H groups in total. The van der Waals surface area contributed by atoms with Crippen molar-refractivity contribution in [3.05, 3.63) is 83.6 Å². The topological polar surface area (TPSA) is 62.7 Å². The fourth-order valence-electron chi connectivity index (χ4n) is 4.00. The van der Waals surface area contributed by atoms with Gasteiger partial charge in [-0.05, 0) is 60.3 Å². The molecule has 1 aliphatic heterocycles. The third kappa shape index (κ3) is 4.30. The van der Waals surface area contributed by atoms with Gasteiger partial charge in [0.05, 0.1) is 18.4 Å². The smallest absolute Gasteiger partial charge is 0.336 e. The molecular weight excluding hydrogens is 364 g/mol. The number of aromatic carboxylic acids is 1. The van der Waals surface area contributed by atoms with Gasteiger partial charge in [0.2, 0.25) is 0 Å². The van der Waals surface area contributed by atoms with E-state index in [-0.39, 0.29) is 0 Å². The summed E-state index contributed by atoms with van der Waals surface area (Å²) in [6.07, 6.45) is 2.92. The molecule has 5 nitrogen and oxygen atoms in total. The van der Waals surface area contributed by atoms with Gasteiger partial charge in [-0.2, -0.15) is 0 Å².